The van der Waals surface area contributed by atoms with Crippen molar-refractivity contribution in [2.75, 3.05) is 32.7 Å². The van der Waals surface area contributed by atoms with E-state index in [1.54, 1.807) is 0 Å². The van der Waals surface area contributed by atoms with Gasteiger partial charge in [-0.3, -0.25) is 9.59 Å². The highest BCUT2D eigenvalue weighted by Gasteiger charge is 2.37. The normalized spacial score (nSPS) is 17.0. The molecule has 1 heterocycles. The van der Waals surface area contributed by atoms with Crippen molar-refractivity contribution in [2.45, 2.75) is 46.5 Å². The van der Waals surface area contributed by atoms with Crippen molar-refractivity contribution in [1.82, 2.24) is 9.80 Å². The second kappa shape index (κ2) is 7.62. The molecule has 2 N–H and O–H groups in total. The molecule has 1 saturated heterocycles. The SMILES string of the molecule is CCC(=O)N1CCCN(C(=O)C(CC)(CC)CN)CC1. The molecular formula is C15H29N3O2. The first-order valence-electron chi connectivity index (χ1n) is 7.81. The van der Waals surface area contributed by atoms with Crippen LogP contribution in [-0.2, 0) is 9.59 Å². The zero-order valence-corrected chi connectivity index (χ0v) is 13.2. The Bertz CT molecular complexity index is 332. The molecule has 1 rings (SSSR count). The van der Waals surface area contributed by atoms with E-state index < -0.39 is 5.41 Å². The van der Waals surface area contributed by atoms with Crippen molar-refractivity contribution >= 4 is 11.8 Å². The number of carbonyl (C=O) groups excluding carboxylic acids is 2. The summed E-state index contributed by atoms with van der Waals surface area (Å²) in [5.41, 5.74) is 5.43. The second-order valence-electron chi connectivity index (χ2n) is 5.57. The van der Waals surface area contributed by atoms with Crippen LogP contribution in [0, 0.1) is 5.41 Å². The quantitative estimate of drug-likeness (QED) is 0.825. The zero-order chi connectivity index (χ0) is 15.2. The molecule has 1 aliphatic rings. The fourth-order valence-electron chi connectivity index (χ4n) is 2.86. The maximum Gasteiger partial charge on any atom is 0.230 e. The Kier molecular flexibility index (Phi) is 6.46. The van der Waals surface area contributed by atoms with Gasteiger partial charge in [-0.05, 0) is 19.3 Å². The monoisotopic (exact) mass is 283 g/mol. The molecule has 5 heteroatoms. The van der Waals surface area contributed by atoms with Crippen LogP contribution in [0.3, 0.4) is 0 Å². The molecule has 0 aromatic carbocycles. The summed E-state index contributed by atoms with van der Waals surface area (Å²) in [6.07, 6.45) is 2.93. The van der Waals surface area contributed by atoms with E-state index in [9.17, 15) is 9.59 Å². The van der Waals surface area contributed by atoms with Crippen molar-refractivity contribution in [3.05, 3.63) is 0 Å². The molecule has 0 bridgehead atoms. The summed E-state index contributed by atoms with van der Waals surface area (Å²) >= 11 is 0. The third-order valence-electron chi connectivity index (χ3n) is 4.64. The summed E-state index contributed by atoms with van der Waals surface area (Å²) in [5, 5.41) is 0. The van der Waals surface area contributed by atoms with E-state index in [0.29, 0.717) is 26.1 Å². The number of rotatable bonds is 5. The maximum atomic E-state index is 12.8. The lowest BCUT2D eigenvalue weighted by Crippen LogP contribution is -2.48. The van der Waals surface area contributed by atoms with Crippen molar-refractivity contribution in [3.8, 4) is 0 Å². The minimum absolute atomic E-state index is 0.163. The van der Waals surface area contributed by atoms with E-state index in [1.165, 1.54) is 0 Å². The molecule has 0 radical (unpaired) electrons. The molecule has 0 saturated carbocycles. The molecule has 1 aliphatic heterocycles. The van der Waals surface area contributed by atoms with Crippen molar-refractivity contribution in [2.24, 2.45) is 11.1 Å². The van der Waals surface area contributed by atoms with Crippen LogP contribution in [0.1, 0.15) is 46.5 Å². The van der Waals surface area contributed by atoms with E-state index in [-0.39, 0.29) is 11.8 Å². The highest BCUT2D eigenvalue weighted by Crippen LogP contribution is 2.28. The maximum absolute atomic E-state index is 12.8. The van der Waals surface area contributed by atoms with E-state index in [4.69, 9.17) is 5.73 Å². The molecule has 2 amide bonds. The molecule has 0 unspecified atom stereocenters. The van der Waals surface area contributed by atoms with Crippen LogP contribution < -0.4 is 5.73 Å². The van der Waals surface area contributed by atoms with Crippen LogP contribution in [0.4, 0.5) is 0 Å². The molecule has 0 spiro atoms. The van der Waals surface area contributed by atoms with Crippen LogP contribution in [0.5, 0.6) is 0 Å². The predicted octanol–water partition coefficient (Wildman–Crippen LogP) is 1.22. The lowest BCUT2D eigenvalue weighted by atomic mass is 9.81. The Hall–Kier alpha value is -1.10. The average molecular weight is 283 g/mol. The van der Waals surface area contributed by atoms with Crippen LogP contribution in [0.25, 0.3) is 0 Å². The molecule has 1 fully saturated rings. The number of amides is 2. The number of carbonyl (C=O) groups is 2. The molecule has 0 aromatic rings. The summed E-state index contributed by atoms with van der Waals surface area (Å²) in [6.45, 7) is 9.09. The fraction of sp³-hybridized carbons (Fsp3) is 0.867. The van der Waals surface area contributed by atoms with Gasteiger partial charge in [-0.15, -0.1) is 0 Å². The fourth-order valence-corrected chi connectivity index (χ4v) is 2.86. The average Bonchev–Trinajstić information content (AvgIpc) is 2.74. The molecule has 116 valence electrons. The lowest BCUT2D eigenvalue weighted by molar-refractivity contribution is -0.142. The molecule has 0 aliphatic carbocycles. The Morgan fingerprint density at radius 1 is 1.00 bits per heavy atom. The van der Waals surface area contributed by atoms with Crippen molar-refractivity contribution < 1.29 is 9.59 Å². The van der Waals surface area contributed by atoms with Gasteiger partial charge in [0.05, 0.1) is 5.41 Å². The van der Waals surface area contributed by atoms with Gasteiger partial charge in [0, 0.05) is 39.1 Å². The summed E-state index contributed by atoms with van der Waals surface area (Å²) in [4.78, 5) is 28.3. The molecule has 0 atom stereocenters. The van der Waals surface area contributed by atoms with Crippen molar-refractivity contribution in [1.29, 1.82) is 0 Å². The van der Waals surface area contributed by atoms with Gasteiger partial charge in [-0.1, -0.05) is 20.8 Å². The van der Waals surface area contributed by atoms with Crippen LogP contribution in [0.15, 0.2) is 0 Å². The largest absolute Gasteiger partial charge is 0.341 e. The molecule has 0 aromatic heterocycles. The molecule has 20 heavy (non-hydrogen) atoms. The Labute approximate surface area is 122 Å². The molecule has 5 nitrogen and oxygen atoms in total. The third kappa shape index (κ3) is 3.51. The van der Waals surface area contributed by atoms with Gasteiger partial charge in [-0.25, -0.2) is 0 Å². The van der Waals surface area contributed by atoms with Gasteiger partial charge in [0.1, 0.15) is 0 Å². The summed E-state index contributed by atoms with van der Waals surface area (Å²) in [7, 11) is 0. The Morgan fingerprint density at radius 3 is 2.05 bits per heavy atom. The first kappa shape index (κ1) is 17.0. The summed E-state index contributed by atoms with van der Waals surface area (Å²) < 4.78 is 0. The van der Waals surface area contributed by atoms with Crippen LogP contribution in [-0.4, -0.2) is 54.3 Å². The van der Waals surface area contributed by atoms with Gasteiger partial charge in [0.2, 0.25) is 11.8 Å². The second-order valence-corrected chi connectivity index (χ2v) is 5.57. The van der Waals surface area contributed by atoms with Gasteiger partial charge < -0.3 is 15.5 Å². The third-order valence-corrected chi connectivity index (χ3v) is 4.64. The Morgan fingerprint density at radius 2 is 1.55 bits per heavy atom. The van der Waals surface area contributed by atoms with Crippen molar-refractivity contribution in [3.63, 3.8) is 0 Å². The Balaban J connectivity index is 2.73. The van der Waals surface area contributed by atoms with E-state index in [0.717, 1.165) is 32.4 Å². The van der Waals surface area contributed by atoms with Crippen LogP contribution in [0.2, 0.25) is 0 Å². The number of hydrogen-bond donors (Lipinski definition) is 1. The first-order valence-corrected chi connectivity index (χ1v) is 7.81. The van der Waals surface area contributed by atoms with Crippen LogP contribution >= 0.6 is 0 Å². The number of hydrogen-bond acceptors (Lipinski definition) is 3. The predicted molar refractivity (Wildman–Crippen MR) is 80.1 cm³/mol. The van der Waals surface area contributed by atoms with Gasteiger partial charge >= 0.3 is 0 Å². The lowest BCUT2D eigenvalue weighted by Gasteiger charge is -2.34. The summed E-state index contributed by atoms with van der Waals surface area (Å²) in [5.74, 6) is 0.339. The summed E-state index contributed by atoms with van der Waals surface area (Å²) in [6, 6.07) is 0. The van der Waals surface area contributed by atoms with E-state index in [2.05, 4.69) is 0 Å². The van der Waals surface area contributed by atoms with Gasteiger partial charge in [0.15, 0.2) is 0 Å². The topological polar surface area (TPSA) is 66.6 Å². The van der Waals surface area contributed by atoms with Gasteiger partial charge in [0.25, 0.3) is 0 Å². The molecular weight excluding hydrogens is 254 g/mol. The standard InChI is InChI=1S/C15H29N3O2/c1-4-13(19)17-8-7-9-18(11-10-17)14(20)15(5-2,6-3)12-16/h4-12,16H2,1-3H3. The highest BCUT2D eigenvalue weighted by atomic mass is 16.2. The smallest absolute Gasteiger partial charge is 0.230 e. The van der Waals surface area contributed by atoms with E-state index in [1.807, 2.05) is 30.6 Å². The highest BCUT2D eigenvalue weighted by molar-refractivity contribution is 5.83. The minimum atomic E-state index is -0.427. The minimum Gasteiger partial charge on any atom is -0.341 e. The number of nitrogens with zero attached hydrogens (tertiary/aromatic N) is 2. The number of nitrogens with two attached hydrogens (primary N) is 1. The van der Waals surface area contributed by atoms with E-state index >= 15 is 0 Å². The zero-order valence-electron chi connectivity index (χ0n) is 13.2. The first-order chi connectivity index (χ1) is 9.54. The van der Waals surface area contributed by atoms with Gasteiger partial charge in [-0.2, -0.15) is 0 Å².